The molecule has 2 aromatic rings. The molecule has 0 aliphatic carbocycles. The van der Waals surface area contributed by atoms with E-state index >= 15 is 0 Å². The topological polar surface area (TPSA) is 61.7 Å². The number of nitrogens with one attached hydrogen (secondary N) is 1. The molecule has 1 atom stereocenters. The number of benzene rings is 2. The van der Waals surface area contributed by atoms with E-state index in [0.717, 1.165) is 10.0 Å². The quantitative estimate of drug-likeness (QED) is 0.660. The summed E-state index contributed by atoms with van der Waals surface area (Å²) in [4.78, 5) is 11.9. The van der Waals surface area contributed by atoms with Gasteiger partial charge in [-0.3, -0.25) is 4.79 Å². The molecule has 0 unspecified atom stereocenters. The van der Waals surface area contributed by atoms with Crippen molar-refractivity contribution in [1.29, 1.82) is 0 Å². The summed E-state index contributed by atoms with van der Waals surface area (Å²) in [5.41, 5.74) is 4.47. The molecule has 0 bridgehead atoms. The molecule has 0 fully saturated rings. The summed E-state index contributed by atoms with van der Waals surface area (Å²) in [7, 11) is 0. The summed E-state index contributed by atoms with van der Waals surface area (Å²) < 4.78 is 0.975. The first-order valence-corrected chi connectivity index (χ1v) is 7.20. The van der Waals surface area contributed by atoms with Gasteiger partial charge in [0.15, 0.2) is 6.10 Å². The van der Waals surface area contributed by atoms with Crippen molar-refractivity contribution in [2.75, 3.05) is 0 Å². The van der Waals surface area contributed by atoms with Crippen LogP contribution in [0, 0.1) is 0 Å². The molecule has 0 saturated carbocycles. The molecule has 0 radical (unpaired) electrons. The number of rotatable bonds is 4. The van der Waals surface area contributed by atoms with Crippen LogP contribution in [-0.2, 0) is 4.79 Å². The number of carbonyl (C=O) groups is 1. The standard InChI is InChI=1S/C16H15BrN2O2/c1-11(12-7-9-14(17)10-8-12)18-19-16(21)15(20)13-5-3-2-4-6-13/h2-10,15,20H,1H3,(H,19,21)/t15-/m0/s1. The SMILES string of the molecule is CC(=NNC(=O)[C@@H](O)c1ccccc1)c1ccc(Br)cc1. The van der Waals surface area contributed by atoms with Gasteiger partial charge < -0.3 is 5.11 Å². The molecule has 0 spiro atoms. The van der Waals surface area contributed by atoms with Crippen LogP contribution in [0.25, 0.3) is 0 Å². The highest BCUT2D eigenvalue weighted by atomic mass is 79.9. The van der Waals surface area contributed by atoms with Crippen molar-refractivity contribution in [2.24, 2.45) is 5.10 Å². The average Bonchev–Trinajstić information content (AvgIpc) is 2.53. The van der Waals surface area contributed by atoms with Gasteiger partial charge in [-0.25, -0.2) is 5.43 Å². The summed E-state index contributed by atoms with van der Waals surface area (Å²) in [5.74, 6) is -0.558. The van der Waals surface area contributed by atoms with E-state index in [1.807, 2.05) is 30.3 Å². The predicted octanol–water partition coefficient (Wildman–Crippen LogP) is 3.02. The van der Waals surface area contributed by atoms with Gasteiger partial charge in [0.05, 0.1) is 5.71 Å². The van der Waals surface area contributed by atoms with E-state index < -0.39 is 12.0 Å². The van der Waals surface area contributed by atoms with Gasteiger partial charge in [0, 0.05) is 4.47 Å². The van der Waals surface area contributed by atoms with Crippen LogP contribution in [-0.4, -0.2) is 16.7 Å². The Labute approximate surface area is 131 Å². The number of amides is 1. The van der Waals surface area contributed by atoms with Gasteiger partial charge in [-0.15, -0.1) is 0 Å². The van der Waals surface area contributed by atoms with E-state index in [1.54, 1.807) is 31.2 Å². The molecule has 0 heterocycles. The Morgan fingerprint density at radius 3 is 2.38 bits per heavy atom. The van der Waals surface area contributed by atoms with Crippen LogP contribution in [0.4, 0.5) is 0 Å². The molecule has 0 aliphatic heterocycles. The first-order valence-electron chi connectivity index (χ1n) is 6.41. The van der Waals surface area contributed by atoms with Crippen LogP contribution in [0.1, 0.15) is 24.2 Å². The van der Waals surface area contributed by atoms with E-state index in [9.17, 15) is 9.90 Å². The number of hydrogen-bond acceptors (Lipinski definition) is 3. The van der Waals surface area contributed by atoms with E-state index in [2.05, 4.69) is 26.5 Å². The van der Waals surface area contributed by atoms with Crippen molar-refractivity contribution in [2.45, 2.75) is 13.0 Å². The fraction of sp³-hybridized carbons (Fsp3) is 0.125. The molecule has 2 N–H and O–H groups in total. The number of hydrazone groups is 1. The van der Waals surface area contributed by atoms with Crippen molar-refractivity contribution in [3.63, 3.8) is 0 Å². The summed E-state index contributed by atoms with van der Waals surface area (Å²) in [6.07, 6.45) is -1.23. The Hall–Kier alpha value is -1.98. The molecule has 108 valence electrons. The van der Waals surface area contributed by atoms with Crippen LogP contribution in [0.15, 0.2) is 64.2 Å². The molecule has 5 heteroatoms. The lowest BCUT2D eigenvalue weighted by molar-refractivity contribution is -0.129. The van der Waals surface area contributed by atoms with Gasteiger partial charge in [0.1, 0.15) is 0 Å². The van der Waals surface area contributed by atoms with Crippen molar-refractivity contribution in [3.8, 4) is 0 Å². The van der Waals surface area contributed by atoms with Gasteiger partial charge in [0.2, 0.25) is 0 Å². The highest BCUT2D eigenvalue weighted by molar-refractivity contribution is 9.10. The summed E-state index contributed by atoms with van der Waals surface area (Å²) in [5, 5.41) is 13.9. The minimum absolute atomic E-state index is 0.534. The van der Waals surface area contributed by atoms with Crippen LogP contribution >= 0.6 is 15.9 Å². The Balaban J connectivity index is 2.03. The summed E-state index contributed by atoms with van der Waals surface area (Å²) >= 11 is 3.36. The molecular weight excluding hydrogens is 332 g/mol. The second-order valence-electron chi connectivity index (χ2n) is 4.49. The number of hydrogen-bond donors (Lipinski definition) is 2. The Bertz CT molecular complexity index is 639. The third kappa shape index (κ3) is 4.24. The first-order chi connectivity index (χ1) is 10.1. The van der Waals surface area contributed by atoms with Crippen molar-refractivity contribution >= 4 is 27.5 Å². The third-order valence-corrected chi connectivity index (χ3v) is 3.49. The molecule has 21 heavy (non-hydrogen) atoms. The Morgan fingerprint density at radius 1 is 1.14 bits per heavy atom. The van der Waals surface area contributed by atoms with Gasteiger partial charge in [-0.2, -0.15) is 5.10 Å². The van der Waals surface area contributed by atoms with Crippen LogP contribution in [0.2, 0.25) is 0 Å². The number of nitrogens with zero attached hydrogens (tertiary/aromatic N) is 1. The first kappa shape index (κ1) is 15.4. The maximum absolute atomic E-state index is 11.9. The minimum Gasteiger partial charge on any atom is -0.378 e. The monoisotopic (exact) mass is 346 g/mol. The third-order valence-electron chi connectivity index (χ3n) is 2.96. The predicted molar refractivity (Wildman–Crippen MR) is 85.9 cm³/mol. The minimum atomic E-state index is -1.23. The van der Waals surface area contributed by atoms with E-state index in [0.29, 0.717) is 11.3 Å². The molecule has 1 amide bonds. The fourth-order valence-electron chi connectivity index (χ4n) is 1.74. The zero-order valence-corrected chi connectivity index (χ0v) is 13.0. The number of aliphatic hydroxyl groups excluding tert-OH is 1. The zero-order chi connectivity index (χ0) is 15.2. The normalized spacial score (nSPS) is 12.8. The largest absolute Gasteiger partial charge is 0.378 e. The van der Waals surface area contributed by atoms with E-state index in [-0.39, 0.29) is 0 Å². The lowest BCUT2D eigenvalue weighted by Gasteiger charge is -2.09. The highest BCUT2D eigenvalue weighted by Crippen LogP contribution is 2.13. The summed E-state index contributed by atoms with van der Waals surface area (Å²) in [6.45, 7) is 1.79. The van der Waals surface area contributed by atoms with Gasteiger partial charge in [-0.1, -0.05) is 58.4 Å². The van der Waals surface area contributed by atoms with Crippen LogP contribution < -0.4 is 5.43 Å². The Kier molecular flexibility index (Phi) is 5.25. The molecule has 2 aromatic carbocycles. The fourth-order valence-corrected chi connectivity index (χ4v) is 2.01. The van der Waals surface area contributed by atoms with Crippen molar-refractivity contribution in [1.82, 2.24) is 5.43 Å². The molecule has 0 saturated heterocycles. The maximum atomic E-state index is 11.9. The molecule has 2 rings (SSSR count). The Morgan fingerprint density at radius 2 is 1.76 bits per heavy atom. The second-order valence-corrected chi connectivity index (χ2v) is 5.41. The lowest BCUT2D eigenvalue weighted by atomic mass is 10.1. The average molecular weight is 347 g/mol. The molecule has 4 nitrogen and oxygen atoms in total. The van der Waals surface area contributed by atoms with Crippen molar-refractivity contribution in [3.05, 3.63) is 70.2 Å². The maximum Gasteiger partial charge on any atom is 0.273 e. The smallest absolute Gasteiger partial charge is 0.273 e. The van der Waals surface area contributed by atoms with Crippen LogP contribution in [0.5, 0.6) is 0 Å². The lowest BCUT2D eigenvalue weighted by Crippen LogP contribution is -2.26. The highest BCUT2D eigenvalue weighted by Gasteiger charge is 2.16. The van der Waals surface area contributed by atoms with Crippen molar-refractivity contribution < 1.29 is 9.90 Å². The molecule has 0 aromatic heterocycles. The van der Waals surface area contributed by atoms with Gasteiger partial charge in [0.25, 0.3) is 5.91 Å². The number of aliphatic hydroxyl groups is 1. The number of halogens is 1. The zero-order valence-electron chi connectivity index (χ0n) is 11.5. The molecule has 0 aliphatic rings. The van der Waals surface area contributed by atoms with Gasteiger partial charge >= 0.3 is 0 Å². The van der Waals surface area contributed by atoms with E-state index in [4.69, 9.17) is 0 Å². The van der Waals surface area contributed by atoms with Gasteiger partial charge in [-0.05, 0) is 30.2 Å². The number of carbonyl (C=O) groups excluding carboxylic acids is 1. The van der Waals surface area contributed by atoms with Crippen LogP contribution in [0.3, 0.4) is 0 Å². The van der Waals surface area contributed by atoms with E-state index in [1.165, 1.54) is 0 Å². The summed E-state index contributed by atoms with van der Waals surface area (Å²) in [6, 6.07) is 16.3. The molecular formula is C16H15BrN2O2. The second kappa shape index (κ2) is 7.15.